The van der Waals surface area contributed by atoms with Crippen LogP contribution in [0, 0.1) is 0 Å². The number of ether oxygens (including phenoxy) is 1. The summed E-state index contributed by atoms with van der Waals surface area (Å²) in [5, 5.41) is 0. The van der Waals surface area contributed by atoms with E-state index in [2.05, 4.69) is 0 Å². The molecule has 1 unspecified atom stereocenters. The number of amides is 2. The number of carbonyl (C=O) groups excluding carboxylic acids is 2. The van der Waals surface area contributed by atoms with E-state index in [4.69, 9.17) is 10.5 Å². The third-order valence-electron chi connectivity index (χ3n) is 2.66. The molecule has 2 N–H and O–H groups in total. The minimum Gasteiger partial charge on any atom is -0.441 e. The molecule has 0 saturated heterocycles. The van der Waals surface area contributed by atoms with Crippen molar-refractivity contribution in [2.45, 2.75) is 13.0 Å². The molecule has 2 rings (SSSR count). The zero-order valence-electron chi connectivity index (χ0n) is 9.06. The number of rotatable bonds is 1. The van der Waals surface area contributed by atoms with Gasteiger partial charge in [0.1, 0.15) is 6.10 Å². The third kappa shape index (κ3) is 1.41. The molecule has 5 heteroatoms. The molecule has 1 aliphatic rings. The average molecular weight is 220 g/mol. The lowest BCUT2D eigenvalue weighted by Gasteiger charge is -2.31. The lowest BCUT2D eigenvalue weighted by Crippen LogP contribution is -2.35. The van der Waals surface area contributed by atoms with Crippen LogP contribution in [-0.4, -0.2) is 19.0 Å². The molecule has 0 aromatic heterocycles. The van der Waals surface area contributed by atoms with Crippen LogP contribution in [0.2, 0.25) is 0 Å². The van der Waals surface area contributed by atoms with Crippen molar-refractivity contribution < 1.29 is 14.3 Å². The number of para-hydroxylation sites is 1. The van der Waals surface area contributed by atoms with Crippen LogP contribution in [0.3, 0.4) is 0 Å². The van der Waals surface area contributed by atoms with Crippen LogP contribution in [0.5, 0.6) is 0 Å². The molecule has 0 saturated carbocycles. The summed E-state index contributed by atoms with van der Waals surface area (Å²) in [6.45, 7) is 1.76. The average Bonchev–Trinajstić information content (AvgIpc) is 2.25. The molecule has 1 aliphatic heterocycles. The number of primary amides is 1. The largest absolute Gasteiger partial charge is 0.441 e. The SMILES string of the molecule is CC1OC(=O)N(C)c2c(C(N)=O)cccc21. The van der Waals surface area contributed by atoms with Crippen molar-refractivity contribution >= 4 is 17.7 Å². The van der Waals surface area contributed by atoms with Crippen LogP contribution in [0.1, 0.15) is 28.9 Å². The van der Waals surface area contributed by atoms with Gasteiger partial charge in [-0.05, 0) is 13.0 Å². The van der Waals surface area contributed by atoms with Gasteiger partial charge < -0.3 is 10.5 Å². The summed E-state index contributed by atoms with van der Waals surface area (Å²) in [4.78, 5) is 24.1. The Bertz CT molecular complexity index is 470. The number of nitrogens with zero attached hydrogens (tertiary/aromatic N) is 1. The smallest absolute Gasteiger partial charge is 0.414 e. The third-order valence-corrected chi connectivity index (χ3v) is 2.66. The molecule has 0 fully saturated rings. The molecule has 1 aromatic rings. The number of cyclic esters (lactones) is 1. The minimum absolute atomic E-state index is 0.337. The first-order valence-corrected chi connectivity index (χ1v) is 4.89. The van der Waals surface area contributed by atoms with Crippen molar-refractivity contribution in [3.05, 3.63) is 29.3 Å². The minimum atomic E-state index is -0.550. The molecule has 0 radical (unpaired) electrons. The highest BCUT2D eigenvalue weighted by Gasteiger charge is 2.30. The second-order valence-electron chi connectivity index (χ2n) is 3.69. The van der Waals surface area contributed by atoms with Crippen LogP contribution in [0.4, 0.5) is 10.5 Å². The number of anilines is 1. The topological polar surface area (TPSA) is 72.6 Å². The van der Waals surface area contributed by atoms with E-state index in [0.29, 0.717) is 11.3 Å². The second-order valence-corrected chi connectivity index (χ2v) is 3.69. The summed E-state index contributed by atoms with van der Waals surface area (Å²) in [7, 11) is 1.56. The highest BCUT2D eigenvalue weighted by molar-refractivity contribution is 6.04. The monoisotopic (exact) mass is 220 g/mol. The molecule has 1 heterocycles. The normalized spacial score (nSPS) is 19.0. The van der Waals surface area contributed by atoms with Crippen LogP contribution >= 0.6 is 0 Å². The predicted molar refractivity (Wildman–Crippen MR) is 58.3 cm³/mol. The number of hydrogen-bond acceptors (Lipinski definition) is 3. The van der Waals surface area contributed by atoms with Gasteiger partial charge in [-0.15, -0.1) is 0 Å². The zero-order valence-corrected chi connectivity index (χ0v) is 9.06. The fourth-order valence-corrected chi connectivity index (χ4v) is 1.85. The van der Waals surface area contributed by atoms with Crippen LogP contribution in [-0.2, 0) is 4.74 Å². The van der Waals surface area contributed by atoms with Gasteiger partial charge in [-0.2, -0.15) is 0 Å². The fraction of sp³-hybridized carbons (Fsp3) is 0.273. The molecular formula is C11H12N2O3. The first-order chi connectivity index (χ1) is 7.52. The van der Waals surface area contributed by atoms with Gasteiger partial charge in [0.2, 0.25) is 0 Å². The summed E-state index contributed by atoms with van der Waals surface area (Å²) in [5.41, 5.74) is 6.94. The number of hydrogen-bond donors (Lipinski definition) is 1. The summed E-state index contributed by atoms with van der Waals surface area (Å²) >= 11 is 0. The van der Waals surface area contributed by atoms with Gasteiger partial charge in [-0.3, -0.25) is 9.69 Å². The maximum Gasteiger partial charge on any atom is 0.414 e. The van der Waals surface area contributed by atoms with Gasteiger partial charge in [0.05, 0.1) is 11.3 Å². The first-order valence-electron chi connectivity index (χ1n) is 4.89. The van der Waals surface area contributed by atoms with Gasteiger partial charge in [0, 0.05) is 12.6 Å². The Labute approximate surface area is 92.8 Å². The van der Waals surface area contributed by atoms with E-state index >= 15 is 0 Å². The van der Waals surface area contributed by atoms with Crippen LogP contribution in [0.25, 0.3) is 0 Å². The Morgan fingerprint density at radius 1 is 1.50 bits per heavy atom. The number of fused-ring (bicyclic) bond motifs is 1. The molecule has 84 valence electrons. The van der Waals surface area contributed by atoms with E-state index in [9.17, 15) is 9.59 Å². The van der Waals surface area contributed by atoms with Crippen LogP contribution < -0.4 is 10.6 Å². The van der Waals surface area contributed by atoms with Gasteiger partial charge >= 0.3 is 6.09 Å². The highest BCUT2D eigenvalue weighted by atomic mass is 16.6. The van der Waals surface area contributed by atoms with Crippen LogP contribution in [0.15, 0.2) is 18.2 Å². The summed E-state index contributed by atoms with van der Waals surface area (Å²) < 4.78 is 5.09. The van der Waals surface area contributed by atoms with Gasteiger partial charge in [0.15, 0.2) is 0 Å². The standard InChI is InChI=1S/C11H12N2O3/c1-6-7-4-3-5-8(10(12)14)9(7)13(2)11(15)16-6/h3-6H,1-2H3,(H2,12,14). The Hall–Kier alpha value is -2.04. The quantitative estimate of drug-likeness (QED) is 0.778. The summed E-state index contributed by atoms with van der Waals surface area (Å²) in [6, 6.07) is 5.14. The lowest BCUT2D eigenvalue weighted by atomic mass is 10.0. The molecule has 1 atom stereocenters. The van der Waals surface area contributed by atoms with Gasteiger partial charge in [-0.25, -0.2) is 4.79 Å². The van der Waals surface area contributed by atoms with E-state index in [-0.39, 0.29) is 6.10 Å². The fourth-order valence-electron chi connectivity index (χ4n) is 1.85. The van der Waals surface area contributed by atoms with E-state index in [0.717, 1.165) is 5.56 Å². The van der Waals surface area contributed by atoms with E-state index in [1.54, 1.807) is 26.1 Å². The molecule has 16 heavy (non-hydrogen) atoms. The van der Waals surface area contributed by atoms with Crippen molar-refractivity contribution in [1.29, 1.82) is 0 Å². The van der Waals surface area contributed by atoms with Crippen molar-refractivity contribution in [1.82, 2.24) is 0 Å². The Balaban J connectivity index is 2.67. The Morgan fingerprint density at radius 3 is 2.81 bits per heavy atom. The second kappa shape index (κ2) is 3.52. The van der Waals surface area contributed by atoms with Gasteiger partial charge in [0.25, 0.3) is 5.91 Å². The molecule has 5 nitrogen and oxygen atoms in total. The molecular weight excluding hydrogens is 208 g/mol. The van der Waals surface area contributed by atoms with Crippen molar-refractivity contribution in [2.75, 3.05) is 11.9 Å². The van der Waals surface area contributed by atoms with Crippen molar-refractivity contribution in [3.8, 4) is 0 Å². The summed E-state index contributed by atoms with van der Waals surface area (Å²) in [6.07, 6.45) is -0.841. The molecule has 0 spiro atoms. The Morgan fingerprint density at radius 2 is 2.19 bits per heavy atom. The summed E-state index contributed by atoms with van der Waals surface area (Å²) in [5.74, 6) is -0.550. The molecule has 1 aromatic carbocycles. The molecule has 0 bridgehead atoms. The zero-order chi connectivity index (χ0) is 11.9. The molecule has 0 aliphatic carbocycles. The van der Waals surface area contributed by atoms with E-state index in [1.165, 1.54) is 4.90 Å². The maximum absolute atomic E-state index is 11.5. The van der Waals surface area contributed by atoms with Gasteiger partial charge in [-0.1, -0.05) is 12.1 Å². The first kappa shape index (κ1) is 10.5. The lowest BCUT2D eigenvalue weighted by molar-refractivity contribution is 0.0996. The number of benzene rings is 1. The van der Waals surface area contributed by atoms with E-state index < -0.39 is 12.0 Å². The highest BCUT2D eigenvalue weighted by Crippen LogP contribution is 2.35. The predicted octanol–water partition coefficient (Wildman–Crippen LogP) is 1.43. The van der Waals surface area contributed by atoms with E-state index in [1.807, 2.05) is 6.07 Å². The number of nitrogens with two attached hydrogens (primary N) is 1. The van der Waals surface area contributed by atoms with Crippen molar-refractivity contribution in [2.24, 2.45) is 5.73 Å². The Kier molecular flexibility index (Phi) is 2.30. The number of carbonyl (C=O) groups is 2. The molecule has 2 amide bonds. The van der Waals surface area contributed by atoms with Crippen molar-refractivity contribution in [3.63, 3.8) is 0 Å². The maximum atomic E-state index is 11.5.